The molecule has 0 atom stereocenters. The molecule has 1 aromatic rings. The van der Waals surface area contributed by atoms with Crippen LogP contribution in [0, 0.1) is 0 Å². The highest BCUT2D eigenvalue weighted by molar-refractivity contribution is 6.02. The van der Waals surface area contributed by atoms with Crippen molar-refractivity contribution in [3.8, 4) is 5.75 Å². The lowest BCUT2D eigenvalue weighted by Gasteiger charge is -2.11. The molecule has 1 aliphatic heterocycles. The fraction of sp³-hybridized carbons (Fsp3) is 0.312. The van der Waals surface area contributed by atoms with E-state index in [-0.39, 0.29) is 12.8 Å². The minimum Gasteiger partial charge on any atom is -0.493 e. The van der Waals surface area contributed by atoms with Gasteiger partial charge >= 0.3 is 5.97 Å². The highest BCUT2D eigenvalue weighted by Gasteiger charge is 2.32. The second-order valence-electron chi connectivity index (χ2n) is 4.71. The van der Waals surface area contributed by atoms with Crippen molar-refractivity contribution in [1.29, 1.82) is 0 Å². The van der Waals surface area contributed by atoms with Crippen LogP contribution in [0.15, 0.2) is 30.3 Å². The summed E-state index contributed by atoms with van der Waals surface area (Å²) in [5, 5.41) is 0.520. The molecule has 1 heterocycles. The lowest BCUT2D eigenvalue weighted by atomic mass is 10.2. The molecule has 0 spiro atoms. The Labute approximate surface area is 128 Å². The number of para-hydroxylation sites is 1. The van der Waals surface area contributed by atoms with E-state index >= 15 is 0 Å². The van der Waals surface area contributed by atoms with Gasteiger partial charge in [0.25, 0.3) is 11.8 Å². The second kappa shape index (κ2) is 7.40. The number of ether oxygens (including phenoxy) is 1. The van der Waals surface area contributed by atoms with Gasteiger partial charge in [-0.25, -0.2) is 4.79 Å². The van der Waals surface area contributed by atoms with Crippen molar-refractivity contribution >= 4 is 23.9 Å². The zero-order chi connectivity index (χ0) is 15.9. The summed E-state index contributed by atoms with van der Waals surface area (Å²) < 4.78 is 5.56. The summed E-state index contributed by atoms with van der Waals surface area (Å²) in [6.07, 6.45) is 3.71. The quantitative estimate of drug-likeness (QED) is 0.594. The fourth-order valence-corrected chi connectivity index (χ4v) is 1.90. The summed E-state index contributed by atoms with van der Waals surface area (Å²) in [5.74, 6) is -1.13. The van der Waals surface area contributed by atoms with Gasteiger partial charge in [-0.2, -0.15) is 0 Å². The van der Waals surface area contributed by atoms with Gasteiger partial charge in [0, 0.05) is 24.5 Å². The Kier molecular flexibility index (Phi) is 5.30. The molecule has 0 bridgehead atoms. The number of imide groups is 1. The lowest BCUT2D eigenvalue weighted by molar-refractivity contribution is -0.193. The molecule has 2 rings (SSSR count). The Bertz CT molecular complexity index is 592. The van der Waals surface area contributed by atoms with Crippen LogP contribution in [-0.2, 0) is 19.2 Å². The maximum atomic E-state index is 11.7. The van der Waals surface area contributed by atoms with E-state index in [1.165, 1.54) is 6.08 Å². The second-order valence-corrected chi connectivity index (χ2v) is 4.71. The first kappa shape index (κ1) is 15.8. The molecule has 6 heteroatoms. The maximum Gasteiger partial charge on any atom is 0.356 e. The van der Waals surface area contributed by atoms with Gasteiger partial charge in [-0.05, 0) is 18.6 Å². The molecule has 2 amide bonds. The summed E-state index contributed by atoms with van der Waals surface area (Å²) in [5.41, 5.74) is 0.715. The number of carbonyl (C=O) groups is 3. The molecule has 1 aromatic carbocycles. The third-order valence-electron chi connectivity index (χ3n) is 2.97. The van der Waals surface area contributed by atoms with Crippen LogP contribution in [0.1, 0.15) is 31.7 Å². The number of hydrogen-bond donors (Lipinski definition) is 0. The van der Waals surface area contributed by atoms with E-state index in [1.54, 1.807) is 12.1 Å². The Balaban J connectivity index is 2.00. The number of amides is 2. The van der Waals surface area contributed by atoms with Gasteiger partial charge in [0.05, 0.1) is 6.61 Å². The number of rotatable bonds is 6. The molecule has 6 nitrogen and oxygen atoms in total. The van der Waals surface area contributed by atoms with E-state index in [9.17, 15) is 14.4 Å². The smallest absolute Gasteiger partial charge is 0.356 e. The Morgan fingerprint density at radius 3 is 2.59 bits per heavy atom. The van der Waals surface area contributed by atoms with Crippen molar-refractivity contribution in [3.63, 3.8) is 0 Å². The standard InChI is InChI=1S/C16H17NO5/c1-2-11-21-13-6-4-3-5-12(13)7-10-16(20)22-17-14(18)8-9-15(17)19/h3-7,10H,2,8-9,11H2,1H3/b10-7+. The molecule has 0 saturated carbocycles. The van der Waals surface area contributed by atoms with Crippen molar-refractivity contribution in [2.45, 2.75) is 26.2 Å². The van der Waals surface area contributed by atoms with Gasteiger partial charge in [0.1, 0.15) is 5.75 Å². The van der Waals surface area contributed by atoms with Crippen LogP contribution in [0.3, 0.4) is 0 Å². The van der Waals surface area contributed by atoms with E-state index < -0.39 is 17.8 Å². The molecule has 0 radical (unpaired) electrons. The zero-order valence-electron chi connectivity index (χ0n) is 12.3. The summed E-state index contributed by atoms with van der Waals surface area (Å²) in [4.78, 5) is 39.1. The monoisotopic (exact) mass is 303 g/mol. The average molecular weight is 303 g/mol. The molecule has 116 valence electrons. The van der Waals surface area contributed by atoms with Gasteiger partial charge in [-0.3, -0.25) is 9.59 Å². The molecule has 0 N–H and O–H groups in total. The van der Waals surface area contributed by atoms with Crippen LogP contribution in [0.2, 0.25) is 0 Å². The molecule has 0 unspecified atom stereocenters. The minimum atomic E-state index is -0.783. The molecule has 1 saturated heterocycles. The largest absolute Gasteiger partial charge is 0.493 e. The zero-order valence-corrected chi connectivity index (χ0v) is 12.3. The molecule has 1 fully saturated rings. The van der Waals surface area contributed by atoms with Crippen LogP contribution in [-0.4, -0.2) is 29.5 Å². The summed E-state index contributed by atoms with van der Waals surface area (Å²) in [6, 6.07) is 7.24. The normalized spacial score (nSPS) is 14.7. The van der Waals surface area contributed by atoms with Gasteiger partial charge in [0.15, 0.2) is 0 Å². The third-order valence-corrected chi connectivity index (χ3v) is 2.97. The predicted molar refractivity (Wildman–Crippen MR) is 78.4 cm³/mol. The third kappa shape index (κ3) is 3.94. The van der Waals surface area contributed by atoms with Crippen LogP contribution in [0.25, 0.3) is 6.08 Å². The Morgan fingerprint density at radius 1 is 1.23 bits per heavy atom. The molecule has 1 aliphatic rings. The van der Waals surface area contributed by atoms with E-state index in [0.717, 1.165) is 12.5 Å². The van der Waals surface area contributed by atoms with Crippen molar-refractivity contribution in [3.05, 3.63) is 35.9 Å². The molecule has 0 aromatic heterocycles. The van der Waals surface area contributed by atoms with Crippen LogP contribution in [0.4, 0.5) is 0 Å². The average Bonchev–Trinajstić information content (AvgIpc) is 2.83. The van der Waals surface area contributed by atoms with Crippen molar-refractivity contribution in [1.82, 2.24) is 5.06 Å². The highest BCUT2D eigenvalue weighted by Crippen LogP contribution is 2.20. The number of hydrogen-bond acceptors (Lipinski definition) is 5. The van der Waals surface area contributed by atoms with Crippen LogP contribution < -0.4 is 4.74 Å². The topological polar surface area (TPSA) is 72.9 Å². The van der Waals surface area contributed by atoms with Gasteiger partial charge in [0.2, 0.25) is 0 Å². The van der Waals surface area contributed by atoms with Crippen molar-refractivity contribution in [2.75, 3.05) is 6.61 Å². The van der Waals surface area contributed by atoms with E-state index in [0.29, 0.717) is 23.0 Å². The molecule has 22 heavy (non-hydrogen) atoms. The van der Waals surface area contributed by atoms with Crippen molar-refractivity contribution < 1.29 is 24.0 Å². The SMILES string of the molecule is CCCOc1ccccc1/C=C/C(=O)ON1C(=O)CCC1=O. The molecule has 0 aliphatic carbocycles. The Hall–Kier alpha value is -2.63. The number of hydroxylamine groups is 2. The maximum absolute atomic E-state index is 11.7. The first-order valence-corrected chi connectivity index (χ1v) is 7.09. The molecular weight excluding hydrogens is 286 g/mol. The lowest BCUT2D eigenvalue weighted by Crippen LogP contribution is -2.31. The van der Waals surface area contributed by atoms with E-state index in [2.05, 4.69) is 0 Å². The number of nitrogens with zero attached hydrogens (tertiary/aromatic N) is 1. The number of benzene rings is 1. The molecular formula is C16H17NO5. The number of carbonyl (C=O) groups excluding carboxylic acids is 3. The fourth-order valence-electron chi connectivity index (χ4n) is 1.90. The first-order chi connectivity index (χ1) is 10.6. The van der Waals surface area contributed by atoms with Crippen LogP contribution in [0.5, 0.6) is 5.75 Å². The highest BCUT2D eigenvalue weighted by atomic mass is 16.7. The predicted octanol–water partition coefficient (Wildman–Crippen LogP) is 2.10. The van der Waals surface area contributed by atoms with Crippen LogP contribution >= 0.6 is 0 Å². The summed E-state index contributed by atoms with van der Waals surface area (Å²) >= 11 is 0. The summed E-state index contributed by atoms with van der Waals surface area (Å²) in [7, 11) is 0. The van der Waals surface area contributed by atoms with Gasteiger partial charge in [-0.1, -0.05) is 25.1 Å². The van der Waals surface area contributed by atoms with E-state index in [4.69, 9.17) is 9.57 Å². The van der Waals surface area contributed by atoms with Gasteiger partial charge < -0.3 is 9.57 Å². The first-order valence-electron chi connectivity index (χ1n) is 7.09. The minimum absolute atomic E-state index is 0.0729. The van der Waals surface area contributed by atoms with Gasteiger partial charge in [-0.15, -0.1) is 5.06 Å². The Morgan fingerprint density at radius 2 is 1.91 bits per heavy atom. The van der Waals surface area contributed by atoms with E-state index in [1.807, 2.05) is 19.1 Å². The van der Waals surface area contributed by atoms with Crippen molar-refractivity contribution in [2.24, 2.45) is 0 Å². The summed E-state index contributed by atoms with van der Waals surface area (Å²) in [6.45, 7) is 2.58.